The van der Waals surface area contributed by atoms with Gasteiger partial charge in [-0.05, 0) is 112 Å². The van der Waals surface area contributed by atoms with E-state index in [0.717, 1.165) is 90.1 Å². The van der Waals surface area contributed by atoms with Gasteiger partial charge in [0.05, 0.1) is 20.8 Å². The fraction of sp³-hybridized carbons (Fsp3) is 0.581. The molecule has 0 fully saturated rings. The van der Waals surface area contributed by atoms with Gasteiger partial charge in [-0.2, -0.15) is 10.2 Å². The number of nitrogens with zero attached hydrogens (tertiary/aromatic N) is 2. The maximum Gasteiger partial charge on any atom is 0.228 e. The highest BCUT2D eigenvalue weighted by molar-refractivity contribution is 6.23. The minimum absolute atomic E-state index is 0.0117. The molecule has 0 atom stereocenters. The molecule has 0 aromatic rings. The molecule has 1 aliphatic heterocycles. The Morgan fingerprint density at radius 2 is 1.14 bits per heavy atom. The van der Waals surface area contributed by atoms with E-state index in [1.807, 2.05) is 6.08 Å². The van der Waals surface area contributed by atoms with Crippen molar-refractivity contribution >= 4 is 11.6 Å². The van der Waals surface area contributed by atoms with Crippen LogP contribution in [0.25, 0.3) is 0 Å². The van der Waals surface area contributed by atoms with Gasteiger partial charge in [0.15, 0.2) is 5.66 Å². The second kappa shape index (κ2) is 22.9. The van der Waals surface area contributed by atoms with Crippen LogP contribution < -0.4 is 0 Å². The van der Waals surface area contributed by atoms with Crippen LogP contribution in [0.1, 0.15) is 131 Å². The molecule has 274 valence electrons. The van der Waals surface area contributed by atoms with Crippen molar-refractivity contribution < 1.29 is 23.8 Å². The average Bonchev–Trinajstić information content (AvgIpc) is 3.86. The number of carbonyl (C=O) groups excluding carboxylic acids is 2. The van der Waals surface area contributed by atoms with E-state index in [2.05, 4.69) is 75.1 Å². The lowest BCUT2D eigenvalue weighted by atomic mass is 9.90. The van der Waals surface area contributed by atoms with E-state index in [9.17, 15) is 9.59 Å². The Kier molecular flexibility index (Phi) is 19.4. The van der Waals surface area contributed by atoms with Gasteiger partial charge < -0.3 is 14.2 Å². The van der Waals surface area contributed by atoms with Gasteiger partial charge in [0, 0.05) is 37.0 Å². The first-order valence-corrected chi connectivity index (χ1v) is 18.3. The second-order valence-corrected chi connectivity index (χ2v) is 13.8. The summed E-state index contributed by atoms with van der Waals surface area (Å²) < 4.78 is 16.1. The summed E-state index contributed by atoms with van der Waals surface area (Å²) in [5.41, 5.74) is 7.60. The summed E-state index contributed by atoms with van der Waals surface area (Å²) in [5.74, 6) is 2.07. The lowest BCUT2D eigenvalue weighted by molar-refractivity contribution is -0.121. The van der Waals surface area contributed by atoms with Gasteiger partial charge in [-0.1, -0.05) is 58.2 Å². The summed E-state index contributed by atoms with van der Waals surface area (Å²) in [6, 6.07) is 0. The minimum atomic E-state index is -0.289. The standard InChI is InChI=1S/C43H62N2O5/c1-10-11-28-43(44-45-43)29-31-50-30-16-25-35(5)23-14-21-33(3)19-12-17-32(2)18-13-20-34(4)22-15-24-36(6)26-27-38-37(7)39(46)41(48-8)42(49-9)40(38)47/h1,18-19,22-23,26H,11-17,20-21,24-25,27-31H2,2-9H3/b32-18+,33-19+,34-22+,35-23+,36-26+. The number of carbonyl (C=O) groups is 2. The first kappa shape index (κ1) is 42.4. The Labute approximate surface area is 302 Å². The molecule has 0 aromatic carbocycles. The third-order valence-electron chi connectivity index (χ3n) is 9.43. The molecule has 0 amide bonds. The molecular formula is C43H62N2O5. The summed E-state index contributed by atoms with van der Waals surface area (Å²) in [6.07, 6.45) is 30.2. The first-order chi connectivity index (χ1) is 24.0. The smallest absolute Gasteiger partial charge is 0.228 e. The van der Waals surface area contributed by atoms with E-state index in [1.54, 1.807) is 6.92 Å². The van der Waals surface area contributed by atoms with Gasteiger partial charge >= 0.3 is 0 Å². The Hall–Kier alpha value is -3.76. The van der Waals surface area contributed by atoms with Gasteiger partial charge in [-0.3, -0.25) is 9.59 Å². The molecule has 7 heteroatoms. The number of Topliss-reactive ketones (excluding diaryl/α,β-unsaturated/α-hetero) is 2. The molecule has 7 nitrogen and oxygen atoms in total. The first-order valence-electron chi connectivity index (χ1n) is 18.3. The van der Waals surface area contributed by atoms with E-state index in [4.69, 9.17) is 20.6 Å². The normalized spacial score (nSPS) is 17.1. The Morgan fingerprint density at radius 3 is 1.60 bits per heavy atom. The number of hydrogen-bond acceptors (Lipinski definition) is 7. The highest BCUT2D eigenvalue weighted by Crippen LogP contribution is 2.36. The summed E-state index contributed by atoms with van der Waals surface area (Å²) in [5, 5.41) is 8.31. The molecule has 1 heterocycles. The lowest BCUT2D eigenvalue weighted by Crippen LogP contribution is -2.24. The fourth-order valence-electron chi connectivity index (χ4n) is 5.87. The molecule has 2 aliphatic rings. The summed E-state index contributed by atoms with van der Waals surface area (Å²) in [6.45, 7) is 14.1. The van der Waals surface area contributed by atoms with Crippen molar-refractivity contribution in [3.63, 3.8) is 0 Å². The fourth-order valence-corrected chi connectivity index (χ4v) is 5.87. The predicted molar refractivity (Wildman–Crippen MR) is 204 cm³/mol. The van der Waals surface area contributed by atoms with Crippen molar-refractivity contribution in [2.45, 2.75) is 137 Å². The van der Waals surface area contributed by atoms with Crippen molar-refractivity contribution in [1.29, 1.82) is 0 Å². The molecule has 0 N–H and O–H groups in total. The molecule has 0 aromatic heterocycles. The third-order valence-corrected chi connectivity index (χ3v) is 9.43. The van der Waals surface area contributed by atoms with Crippen molar-refractivity contribution in [3.05, 3.63) is 80.9 Å². The Morgan fingerprint density at radius 1 is 0.680 bits per heavy atom. The number of ether oxygens (including phenoxy) is 3. The van der Waals surface area contributed by atoms with Gasteiger partial charge in [-0.25, -0.2) is 0 Å². The molecule has 0 radical (unpaired) electrons. The molecule has 0 bridgehead atoms. The molecule has 0 spiro atoms. The van der Waals surface area contributed by atoms with Crippen LogP contribution in [0.3, 0.4) is 0 Å². The zero-order valence-corrected chi connectivity index (χ0v) is 32.2. The quantitative estimate of drug-likeness (QED) is 0.0413. The van der Waals surface area contributed by atoms with Crippen LogP contribution in [-0.4, -0.2) is 44.7 Å². The SMILES string of the molecule is C#CCCC1(CCOCCC/C(C)=C/CC/C(C)=C/CC/C(C)=C/CC/C(C)=C/CC/C(C)=C/CC2=C(C)C(=O)C(OC)=C(OC)C2=O)N=N1. The van der Waals surface area contributed by atoms with Crippen LogP contribution in [0, 0.1) is 12.3 Å². The summed E-state index contributed by atoms with van der Waals surface area (Å²) >= 11 is 0. The second-order valence-electron chi connectivity index (χ2n) is 13.8. The van der Waals surface area contributed by atoms with Crippen molar-refractivity contribution in [2.75, 3.05) is 27.4 Å². The largest absolute Gasteiger partial charge is 0.489 e. The van der Waals surface area contributed by atoms with Gasteiger partial charge in [0.2, 0.25) is 23.1 Å². The summed E-state index contributed by atoms with van der Waals surface area (Å²) in [7, 11) is 2.76. The number of terminal acetylenes is 1. The predicted octanol–water partition coefficient (Wildman–Crippen LogP) is 11.0. The molecule has 0 saturated carbocycles. The van der Waals surface area contributed by atoms with Crippen LogP contribution in [0.5, 0.6) is 0 Å². The number of methoxy groups -OCH3 is 2. The Bertz CT molecular complexity index is 1450. The summed E-state index contributed by atoms with van der Waals surface area (Å²) in [4.78, 5) is 25.4. The van der Waals surface area contributed by atoms with Crippen molar-refractivity contribution in [1.82, 2.24) is 0 Å². The minimum Gasteiger partial charge on any atom is -0.489 e. The van der Waals surface area contributed by atoms with Crippen LogP contribution in [0.4, 0.5) is 0 Å². The maximum absolute atomic E-state index is 12.8. The van der Waals surface area contributed by atoms with Crippen LogP contribution in [-0.2, 0) is 23.8 Å². The molecule has 0 saturated heterocycles. The molecular weight excluding hydrogens is 624 g/mol. The maximum atomic E-state index is 12.8. The van der Waals surface area contributed by atoms with E-state index in [1.165, 1.54) is 42.1 Å². The lowest BCUT2D eigenvalue weighted by Gasteiger charge is -2.19. The topological polar surface area (TPSA) is 86.5 Å². The number of allylic oxidation sites excluding steroid dienone is 12. The average molecular weight is 687 g/mol. The number of rotatable bonds is 25. The third kappa shape index (κ3) is 15.4. The molecule has 1 aliphatic carbocycles. The number of ketones is 2. The van der Waals surface area contributed by atoms with E-state index in [0.29, 0.717) is 24.2 Å². The molecule has 2 rings (SSSR count). The Balaban J connectivity index is 1.59. The van der Waals surface area contributed by atoms with E-state index >= 15 is 0 Å². The van der Waals surface area contributed by atoms with Crippen molar-refractivity contribution in [3.8, 4) is 12.3 Å². The van der Waals surface area contributed by atoms with Crippen LogP contribution in [0.2, 0.25) is 0 Å². The monoisotopic (exact) mass is 686 g/mol. The zero-order chi connectivity index (χ0) is 36.9. The molecule has 0 unspecified atom stereocenters. The number of hydrogen-bond donors (Lipinski definition) is 0. The van der Waals surface area contributed by atoms with E-state index in [-0.39, 0.29) is 28.7 Å². The van der Waals surface area contributed by atoms with Crippen LogP contribution in [0.15, 0.2) is 91.1 Å². The van der Waals surface area contributed by atoms with Gasteiger partial charge in [0.25, 0.3) is 0 Å². The van der Waals surface area contributed by atoms with Gasteiger partial charge in [-0.15, -0.1) is 12.3 Å². The highest BCUT2D eigenvalue weighted by atomic mass is 16.5. The van der Waals surface area contributed by atoms with Crippen LogP contribution >= 0.6 is 0 Å². The molecule has 50 heavy (non-hydrogen) atoms. The van der Waals surface area contributed by atoms with Crippen molar-refractivity contribution in [2.24, 2.45) is 10.2 Å². The highest BCUT2D eigenvalue weighted by Gasteiger charge is 2.38. The van der Waals surface area contributed by atoms with E-state index < -0.39 is 0 Å². The van der Waals surface area contributed by atoms with Gasteiger partial charge in [0.1, 0.15) is 0 Å². The zero-order valence-electron chi connectivity index (χ0n) is 32.2.